The van der Waals surface area contributed by atoms with Crippen LogP contribution in [0.1, 0.15) is 31.4 Å². The average molecular weight is 341 g/mol. The summed E-state index contributed by atoms with van der Waals surface area (Å²) < 4.78 is 6.37. The number of rotatable bonds is 4. The van der Waals surface area contributed by atoms with Crippen molar-refractivity contribution in [2.75, 3.05) is 19.8 Å². The van der Waals surface area contributed by atoms with Crippen molar-refractivity contribution in [1.29, 1.82) is 0 Å². The lowest BCUT2D eigenvalue weighted by molar-refractivity contribution is -0.136. The van der Waals surface area contributed by atoms with E-state index in [1.54, 1.807) is 0 Å². The van der Waals surface area contributed by atoms with E-state index in [0.717, 1.165) is 10.0 Å². The molecule has 0 spiro atoms. The fourth-order valence-corrected chi connectivity index (χ4v) is 2.73. The molecule has 1 amide bonds. The van der Waals surface area contributed by atoms with Crippen LogP contribution in [0, 0.1) is 5.41 Å². The van der Waals surface area contributed by atoms with Gasteiger partial charge in [-0.15, -0.1) is 0 Å². The largest absolute Gasteiger partial charge is 0.381 e. The molecule has 0 bridgehead atoms. The minimum absolute atomic E-state index is 0.0260. The maximum atomic E-state index is 12.5. The minimum atomic E-state index is -0.470. The number of benzene rings is 1. The van der Waals surface area contributed by atoms with Crippen LogP contribution in [0.3, 0.4) is 0 Å². The summed E-state index contributed by atoms with van der Waals surface area (Å²) in [5, 5.41) is 3.09. The van der Waals surface area contributed by atoms with Gasteiger partial charge in [0.15, 0.2) is 0 Å². The molecular weight excluding hydrogens is 320 g/mol. The second-order valence-corrected chi connectivity index (χ2v) is 6.26. The van der Waals surface area contributed by atoms with Crippen LogP contribution in [0.15, 0.2) is 28.7 Å². The van der Waals surface area contributed by atoms with Gasteiger partial charge < -0.3 is 15.8 Å². The smallest absolute Gasteiger partial charge is 0.228 e. The number of carbonyl (C=O) groups excluding carboxylic acids is 1. The summed E-state index contributed by atoms with van der Waals surface area (Å²) in [4.78, 5) is 12.5. The molecule has 1 aliphatic heterocycles. The predicted molar refractivity (Wildman–Crippen MR) is 82.2 cm³/mol. The summed E-state index contributed by atoms with van der Waals surface area (Å²) in [6, 6.07) is 7.94. The second kappa shape index (κ2) is 6.70. The Morgan fingerprint density at radius 3 is 2.55 bits per heavy atom. The maximum Gasteiger partial charge on any atom is 0.228 e. The van der Waals surface area contributed by atoms with Crippen LogP contribution in [0.5, 0.6) is 0 Å². The third kappa shape index (κ3) is 3.40. The molecule has 5 heteroatoms. The first-order chi connectivity index (χ1) is 9.57. The highest BCUT2D eigenvalue weighted by Crippen LogP contribution is 2.30. The summed E-state index contributed by atoms with van der Waals surface area (Å²) in [5.41, 5.74) is 6.46. The molecule has 0 aliphatic carbocycles. The molecule has 2 rings (SSSR count). The Hall–Kier alpha value is -0.910. The normalized spacial score (nSPS) is 19.4. The highest BCUT2D eigenvalue weighted by molar-refractivity contribution is 9.10. The fourth-order valence-electron chi connectivity index (χ4n) is 2.47. The van der Waals surface area contributed by atoms with Crippen molar-refractivity contribution in [3.63, 3.8) is 0 Å². The SMILES string of the molecule is C[C@H](NC(=O)C1(CN)CCOCC1)c1ccc(Br)cc1. The van der Waals surface area contributed by atoms with Gasteiger partial charge in [-0.05, 0) is 37.5 Å². The third-order valence-electron chi connectivity index (χ3n) is 4.04. The molecule has 1 heterocycles. The van der Waals surface area contributed by atoms with Crippen molar-refractivity contribution >= 4 is 21.8 Å². The van der Waals surface area contributed by atoms with E-state index >= 15 is 0 Å². The average Bonchev–Trinajstić information content (AvgIpc) is 2.48. The highest BCUT2D eigenvalue weighted by atomic mass is 79.9. The number of amides is 1. The van der Waals surface area contributed by atoms with Gasteiger partial charge in [-0.2, -0.15) is 0 Å². The Morgan fingerprint density at radius 2 is 2.00 bits per heavy atom. The van der Waals surface area contributed by atoms with Crippen LogP contribution >= 0.6 is 15.9 Å². The number of carbonyl (C=O) groups is 1. The van der Waals surface area contributed by atoms with E-state index in [9.17, 15) is 4.79 Å². The number of nitrogens with two attached hydrogens (primary N) is 1. The zero-order chi connectivity index (χ0) is 14.6. The third-order valence-corrected chi connectivity index (χ3v) is 4.57. The summed E-state index contributed by atoms with van der Waals surface area (Å²) in [6.45, 7) is 3.58. The van der Waals surface area contributed by atoms with Gasteiger partial charge >= 0.3 is 0 Å². The molecule has 110 valence electrons. The lowest BCUT2D eigenvalue weighted by Gasteiger charge is -2.35. The molecule has 1 aliphatic rings. The lowest BCUT2D eigenvalue weighted by atomic mass is 9.79. The molecule has 1 atom stereocenters. The summed E-state index contributed by atoms with van der Waals surface area (Å²) in [5.74, 6) is 0.0405. The van der Waals surface area contributed by atoms with Gasteiger partial charge in [0, 0.05) is 24.2 Å². The van der Waals surface area contributed by atoms with Gasteiger partial charge in [-0.3, -0.25) is 4.79 Å². The zero-order valence-corrected chi connectivity index (χ0v) is 13.3. The van der Waals surface area contributed by atoms with E-state index < -0.39 is 5.41 Å². The standard InChI is InChI=1S/C15H21BrN2O2/c1-11(12-2-4-13(16)5-3-12)18-14(19)15(10-17)6-8-20-9-7-15/h2-5,11H,6-10,17H2,1H3,(H,18,19)/t11-/m0/s1. The first kappa shape index (κ1) is 15.5. The Balaban J connectivity index is 2.04. The van der Waals surface area contributed by atoms with Crippen molar-refractivity contribution < 1.29 is 9.53 Å². The second-order valence-electron chi connectivity index (χ2n) is 5.34. The van der Waals surface area contributed by atoms with E-state index in [4.69, 9.17) is 10.5 Å². The van der Waals surface area contributed by atoms with E-state index in [0.29, 0.717) is 32.6 Å². The molecular formula is C15H21BrN2O2. The predicted octanol–water partition coefficient (Wildman–Crippen LogP) is 2.38. The zero-order valence-electron chi connectivity index (χ0n) is 11.7. The number of ether oxygens (including phenoxy) is 1. The minimum Gasteiger partial charge on any atom is -0.381 e. The molecule has 1 aromatic carbocycles. The van der Waals surface area contributed by atoms with E-state index in [2.05, 4.69) is 21.2 Å². The molecule has 3 N–H and O–H groups in total. The first-order valence-electron chi connectivity index (χ1n) is 6.92. The monoisotopic (exact) mass is 340 g/mol. The molecule has 0 aromatic heterocycles. The Labute approximate surface area is 128 Å². The van der Waals surface area contributed by atoms with Gasteiger partial charge in [0.05, 0.1) is 11.5 Å². The van der Waals surface area contributed by atoms with Crippen LogP contribution in [0.25, 0.3) is 0 Å². The van der Waals surface area contributed by atoms with Crippen LogP contribution in [0.2, 0.25) is 0 Å². The Bertz CT molecular complexity index is 455. The topological polar surface area (TPSA) is 64.4 Å². The van der Waals surface area contributed by atoms with Crippen LogP contribution < -0.4 is 11.1 Å². The van der Waals surface area contributed by atoms with Gasteiger partial charge in [0.25, 0.3) is 0 Å². The van der Waals surface area contributed by atoms with Crippen molar-refractivity contribution in [2.45, 2.75) is 25.8 Å². The summed E-state index contributed by atoms with van der Waals surface area (Å²) in [6.07, 6.45) is 1.39. The molecule has 0 saturated carbocycles. The Kier molecular flexibility index (Phi) is 5.18. The van der Waals surface area contributed by atoms with Crippen molar-refractivity contribution in [1.82, 2.24) is 5.32 Å². The fraction of sp³-hybridized carbons (Fsp3) is 0.533. The Morgan fingerprint density at radius 1 is 1.40 bits per heavy atom. The molecule has 1 aromatic rings. The molecule has 0 unspecified atom stereocenters. The lowest BCUT2D eigenvalue weighted by Crippen LogP contribution is -2.49. The number of nitrogens with one attached hydrogen (secondary N) is 1. The number of halogens is 1. The highest BCUT2D eigenvalue weighted by Gasteiger charge is 2.39. The van der Waals surface area contributed by atoms with E-state index in [1.807, 2.05) is 31.2 Å². The number of hydrogen-bond acceptors (Lipinski definition) is 3. The van der Waals surface area contributed by atoms with Crippen molar-refractivity contribution in [3.8, 4) is 0 Å². The van der Waals surface area contributed by atoms with Gasteiger partial charge in [-0.1, -0.05) is 28.1 Å². The molecule has 0 radical (unpaired) electrons. The van der Waals surface area contributed by atoms with Crippen LogP contribution in [0.4, 0.5) is 0 Å². The van der Waals surface area contributed by atoms with Gasteiger partial charge in [-0.25, -0.2) is 0 Å². The van der Waals surface area contributed by atoms with Crippen molar-refractivity contribution in [3.05, 3.63) is 34.3 Å². The molecule has 1 fully saturated rings. The first-order valence-corrected chi connectivity index (χ1v) is 7.71. The van der Waals surface area contributed by atoms with Crippen molar-refractivity contribution in [2.24, 2.45) is 11.1 Å². The van der Waals surface area contributed by atoms with Gasteiger partial charge in [0.1, 0.15) is 0 Å². The van der Waals surface area contributed by atoms with E-state index in [1.165, 1.54) is 0 Å². The van der Waals surface area contributed by atoms with Gasteiger partial charge in [0.2, 0.25) is 5.91 Å². The summed E-state index contributed by atoms with van der Waals surface area (Å²) in [7, 11) is 0. The van der Waals surface area contributed by atoms with E-state index in [-0.39, 0.29) is 11.9 Å². The number of hydrogen-bond donors (Lipinski definition) is 2. The molecule has 1 saturated heterocycles. The van der Waals surface area contributed by atoms with Crippen LogP contribution in [-0.2, 0) is 9.53 Å². The maximum absolute atomic E-state index is 12.5. The van der Waals surface area contributed by atoms with Crippen LogP contribution in [-0.4, -0.2) is 25.7 Å². The summed E-state index contributed by atoms with van der Waals surface area (Å²) >= 11 is 3.41. The molecule has 20 heavy (non-hydrogen) atoms. The molecule has 4 nitrogen and oxygen atoms in total. The quantitative estimate of drug-likeness (QED) is 0.884.